The second-order valence-corrected chi connectivity index (χ2v) is 8.35. The van der Waals surface area contributed by atoms with Gasteiger partial charge >= 0.3 is 6.09 Å². The van der Waals surface area contributed by atoms with E-state index >= 15 is 0 Å². The molecule has 3 aliphatic carbocycles. The lowest BCUT2D eigenvalue weighted by atomic mass is 9.79. The van der Waals surface area contributed by atoms with E-state index in [2.05, 4.69) is 16.9 Å². The van der Waals surface area contributed by atoms with Gasteiger partial charge in [0, 0.05) is 32.1 Å². The highest BCUT2D eigenvalue weighted by atomic mass is 16.6. The first-order chi connectivity index (χ1) is 13.2. The first-order valence-electron chi connectivity index (χ1n) is 10.0. The van der Waals surface area contributed by atoms with Crippen molar-refractivity contribution >= 4 is 6.09 Å². The molecule has 0 unspecified atom stereocenters. The fourth-order valence-electron chi connectivity index (χ4n) is 5.53. The van der Waals surface area contributed by atoms with Crippen molar-refractivity contribution in [2.45, 2.75) is 43.4 Å². The molecule has 1 saturated heterocycles. The molecular weight excluding hydrogens is 340 g/mol. The fourth-order valence-corrected chi connectivity index (χ4v) is 5.53. The maximum absolute atomic E-state index is 13.0. The van der Waals surface area contributed by atoms with Crippen molar-refractivity contribution in [3.8, 4) is 12.3 Å². The van der Waals surface area contributed by atoms with Crippen LogP contribution in [-0.4, -0.2) is 60.4 Å². The van der Waals surface area contributed by atoms with Crippen molar-refractivity contribution in [3.05, 3.63) is 35.4 Å². The van der Waals surface area contributed by atoms with E-state index in [0.29, 0.717) is 18.5 Å². The normalized spacial score (nSPS) is 35.1. The predicted molar refractivity (Wildman–Crippen MR) is 101 cm³/mol. The second-order valence-electron chi connectivity index (χ2n) is 8.35. The molecule has 1 aromatic rings. The molecule has 5 nitrogen and oxygen atoms in total. The Morgan fingerprint density at radius 3 is 2.74 bits per heavy atom. The average Bonchev–Trinajstić information content (AvgIpc) is 3.23. The molecule has 0 aromatic heterocycles. The van der Waals surface area contributed by atoms with E-state index in [1.54, 1.807) is 4.90 Å². The summed E-state index contributed by atoms with van der Waals surface area (Å²) in [6.45, 7) is 4.23. The van der Waals surface area contributed by atoms with Gasteiger partial charge in [-0.2, -0.15) is 0 Å². The lowest BCUT2D eigenvalue weighted by molar-refractivity contribution is -0.0553. The Morgan fingerprint density at radius 1 is 1.19 bits per heavy atom. The molecule has 1 aromatic carbocycles. The summed E-state index contributed by atoms with van der Waals surface area (Å²) in [7, 11) is 0. The lowest BCUT2D eigenvalue weighted by Crippen LogP contribution is -2.47. The highest BCUT2D eigenvalue weighted by molar-refractivity contribution is 5.70. The number of carbonyl (C=O) groups is 1. The number of amides is 1. The van der Waals surface area contributed by atoms with Crippen LogP contribution in [0.3, 0.4) is 0 Å². The van der Waals surface area contributed by atoms with Crippen LogP contribution in [0.5, 0.6) is 0 Å². The van der Waals surface area contributed by atoms with E-state index in [1.165, 1.54) is 5.56 Å². The van der Waals surface area contributed by atoms with Gasteiger partial charge in [0.2, 0.25) is 0 Å². The summed E-state index contributed by atoms with van der Waals surface area (Å²) in [6, 6.07) is 8.34. The zero-order valence-electron chi connectivity index (χ0n) is 15.6. The average molecular weight is 366 g/mol. The van der Waals surface area contributed by atoms with Crippen LogP contribution in [0.1, 0.15) is 36.4 Å². The van der Waals surface area contributed by atoms with Crippen LogP contribution in [0.4, 0.5) is 4.79 Å². The van der Waals surface area contributed by atoms with E-state index in [9.17, 15) is 4.79 Å². The van der Waals surface area contributed by atoms with Crippen LogP contribution in [0, 0.1) is 18.3 Å². The van der Waals surface area contributed by atoms with E-state index in [1.807, 2.05) is 18.2 Å². The molecule has 2 bridgehead atoms. The molecule has 5 aliphatic rings. The van der Waals surface area contributed by atoms with Gasteiger partial charge in [-0.05, 0) is 36.3 Å². The van der Waals surface area contributed by atoms with E-state index in [0.717, 1.165) is 57.6 Å². The van der Waals surface area contributed by atoms with Gasteiger partial charge in [-0.15, -0.1) is 6.42 Å². The zero-order valence-corrected chi connectivity index (χ0v) is 15.6. The number of benzene rings is 1. The minimum Gasteiger partial charge on any atom is -0.443 e. The number of hydrogen-bond donors (Lipinski definition) is 0. The number of nitrogens with zero attached hydrogens (tertiary/aromatic N) is 2. The van der Waals surface area contributed by atoms with Gasteiger partial charge < -0.3 is 9.47 Å². The molecule has 4 fully saturated rings. The maximum atomic E-state index is 13.0. The second kappa shape index (κ2) is 6.54. The summed E-state index contributed by atoms with van der Waals surface area (Å²) in [5.74, 6) is 3.46. The topological polar surface area (TPSA) is 42.0 Å². The standard InChI is InChI=1S/C22H26N2O3/c1-2-19-18-6-4-3-5-16(18)7-8-24(19)21(25)27-22-13-17(14-22)20(15-22)23-9-11-26-12-10-23/h1,3-6,17,19-20H,7-15H2/t17?,19-,20-,22?/m0/s1. The Bertz CT molecular complexity index is 774. The van der Waals surface area contributed by atoms with Crippen LogP contribution in [0.15, 0.2) is 24.3 Å². The van der Waals surface area contributed by atoms with Crippen LogP contribution in [0.25, 0.3) is 0 Å². The van der Waals surface area contributed by atoms with Gasteiger partial charge in [0.1, 0.15) is 11.6 Å². The Balaban J connectivity index is 1.27. The summed E-state index contributed by atoms with van der Waals surface area (Å²) in [5, 5.41) is 0. The summed E-state index contributed by atoms with van der Waals surface area (Å²) >= 11 is 0. The van der Waals surface area contributed by atoms with Gasteiger partial charge in [-0.1, -0.05) is 30.2 Å². The summed E-state index contributed by atoms with van der Waals surface area (Å²) in [6.07, 6.45) is 9.32. The first-order valence-corrected chi connectivity index (χ1v) is 10.0. The summed E-state index contributed by atoms with van der Waals surface area (Å²) in [5.41, 5.74) is 2.02. The van der Waals surface area contributed by atoms with Crippen LogP contribution >= 0.6 is 0 Å². The molecule has 2 heterocycles. The van der Waals surface area contributed by atoms with Crippen LogP contribution < -0.4 is 0 Å². The number of hydrogen-bond acceptors (Lipinski definition) is 4. The molecule has 0 spiro atoms. The van der Waals surface area contributed by atoms with Gasteiger partial charge in [0.25, 0.3) is 0 Å². The lowest BCUT2D eigenvalue weighted by Gasteiger charge is -2.41. The summed E-state index contributed by atoms with van der Waals surface area (Å²) in [4.78, 5) is 17.3. The van der Waals surface area contributed by atoms with Crippen molar-refractivity contribution in [1.29, 1.82) is 0 Å². The molecule has 1 amide bonds. The van der Waals surface area contributed by atoms with Crippen molar-refractivity contribution in [2.75, 3.05) is 32.8 Å². The van der Waals surface area contributed by atoms with E-state index in [-0.39, 0.29) is 17.7 Å². The van der Waals surface area contributed by atoms with Crippen molar-refractivity contribution in [2.24, 2.45) is 5.92 Å². The number of fused-ring (bicyclic) bond motifs is 2. The molecule has 27 heavy (non-hydrogen) atoms. The Morgan fingerprint density at radius 2 is 1.96 bits per heavy atom. The van der Waals surface area contributed by atoms with Gasteiger partial charge in [0.15, 0.2) is 0 Å². The van der Waals surface area contributed by atoms with E-state index in [4.69, 9.17) is 15.9 Å². The maximum Gasteiger partial charge on any atom is 0.411 e. The van der Waals surface area contributed by atoms with Crippen molar-refractivity contribution in [1.82, 2.24) is 9.80 Å². The molecule has 142 valence electrons. The van der Waals surface area contributed by atoms with Gasteiger partial charge in [-0.25, -0.2) is 4.79 Å². The number of morpholine rings is 1. The molecular formula is C22H26N2O3. The van der Waals surface area contributed by atoms with Crippen LogP contribution in [0.2, 0.25) is 0 Å². The molecule has 6 rings (SSSR count). The minimum absolute atomic E-state index is 0.242. The predicted octanol–water partition coefficient (Wildman–Crippen LogP) is 2.61. The fraction of sp³-hybridized carbons (Fsp3) is 0.591. The van der Waals surface area contributed by atoms with Crippen LogP contribution in [-0.2, 0) is 15.9 Å². The SMILES string of the molecule is C#C[C@H]1c2ccccc2CCN1C(=O)OC12CC(C1)[C@@H](N1CCOCC1)C2. The Hall–Kier alpha value is -2.03. The zero-order chi connectivity index (χ0) is 18.4. The largest absolute Gasteiger partial charge is 0.443 e. The molecule has 2 atom stereocenters. The number of carbonyl (C=O) groups excluding carboxylic acids is 1. The van der Waals surface area contributed by atoms with E-state index < -0.39 is 0 Å². The minimum atomic E-state index is -0.328. The first kappa shape index (κ1) is 17.1. The highest BCUT2D eigenvalue weighted by Crippen LogP contribution is 2.56. The smallest absolute Gasteiger partial charge is 0.411 e. The quantitative estimate of drug-likeness (QED) is 0.755. The molecule has 5 heteroatoms. The third kappa shape index (κ3) is 2.83. The Kier molecular flexibility index (Phi) is 4.14. The van der Waals surface area contributed by atoms with Crippen molar-refractivity contribution in [3.63, 3.8) is 0 Å². The highest BCUT2D eigenvalue weighted by Gasteiger charge is 2.60. The molecule has 2 aliphatic heterocycles. The Labute approximate surface area is 160 Å². The molecule has 0 radical (unpaired) electrons. The third-order valence-corrected chi connectivity index (χ3v) is 6.89. The molecule has 0 N–H and O–H groups in total. The number of ether oxygens (including phenoxy) is 2. The van der Waals surface area contributed by atoms with Gasteiger partial charge in [0.05, 0.1) is 13.2 Å². The molecule has 3 saturated carbocycles. The monoisotopic (exact) mass is 366 g/mol. The number of terminal acetylenes is 1. The van der Waals surface area contributed by atoms with Gasteiger partial charge in [-0.3, -0.25) is 9.80 Å². The number of rotatable bonds is 2. The van der Waals surface area contributed by atoms with Crippen molar-refractivity contribution < 1.29 is 14.3 Å². The summed E-state index contributed by atoms with van der Waals surface area (Å²) < 4.78 is 11.6. The third-order valence-electron chi connectivity index (χ3n) is 6.89.